The molecular weight excluding hydrogens is 360 g/mol. The van der Waals surface area contributed by atoms with Crippen LogP contribution in [-0.2, 0) is 4.79 Å². The Bertz CT molecular complexity index is 948. The highest BCUT2D eigenvalue weighted by atomic mass is 32.1. The van der Waals surface area contributed by atoms with Crippen molar-refractivity contribution in [2.45, 2.75) is 32.7 Å². The Labute approximate surface area is 162 Å². The van der Waals surface area contributed by atoms with Crippen LogP contribution in [0.1, 0.15) is 37.7 Å². The molecule has 0 spiro atoms. The van der Waals surface area contributed by atoms with E-state index in [1.54, 1.807) is 5.38 Å². The van der Waals surface area contributed by atoms with Gasteiger partial charge in [-0.05, 0) is 43.3 Å². The van der Waals surface area contributed by atoms with Crippen molar-refractivity contribution in [2.24, 2.45) is 0 Å². The molecule has 1 N–H and O–H groups in total. The van der Waals surface area contributed by atoms with Crippen LogP contribution in [-0.4, -0.2) is 33.5 Å². The number of hydrogen-bond donors (Lipinski definition) is 1. The lowest BCUT2D eigenvalue weighted by atomic mass is 10.0. The molecule has 2 amide bonds. The largest absolute Gasteiger partial charge is 0.350 e. The number of hydrogen-bond acceptors (Lipinski definition) is 5. The first-order valence-corrected chi connectivity index (χ1v) is 9.62. The summed E-state index contributed by atoms with van der Waals surface area (Å²) in [6.07, 6.45) is 0.789. The number of rotatable bonds is 6. The lowest BCUT2D eigenvalue weighted by Gasteiger charge is -2.28. The van der Waals surface area contributed by atoms with E-state index in [4.69, 9.17) is 0 Å². The number of amides is 2. The van der Waals surface area contributed by atoms with Gasteiger partial charge in [0.2, 0.25) is 5.91 Å². The van der Waals surface area contributed by atoms with Crippen LogP contribution in [0.5, 0.6) is 0 Å². The summed E-state index contributed by atoms with van der Waals surface area (Å²) in [5, 5.41) is 10.4. The van der Waals surface area contributed by atoms with Crippen LogP contribution in [0.15, 0.2) is 47.8 Å². The van der Waals surface area contributed by atoms with Crippen molar-refractivity contribution in [1.29, 1.82) is 0 Å². The number of anilines is 1. The van der Waals surface area contributed by atoms with Gasteiger partial charge < -0.3 is 5.32 Å². The minimum atomic E-state index is -0.343. The highest BCUT2D eigenvalue weighted by molar-refractivity contribution is 7.03. The third kappa shape index (κ3) is 4.31. The molecule has 3 rings (SSSR count). The number of nitrogens with one attached hydrogen (secondary N) is 1. The van der Waals surface area contributed by atoms with Gasteiger partial charge in [-0.2, -0.15) is 0 Å². The number of nitrogens with zero attached hydrogens (tertiary/aromatic N) is 3. The zero-order chi connectivity index (χ0) is 19.4. The number of benzene rings is 2. The number of carbonyl (C=O) groups excluding carboxylic acids is 2. The molecule has 0 saturated carbocycles. The van der Waals surface area contributed by atoms with Crippen LogP contribution in [0.3, 0.4) is 0 Å². The first-order valence-electron chi connectivity index (χ1n) is 8.79. The minimum absolute atomic E-state index is 0.0895. The van der Waals surface area contributed by atoms with Gasteiger partial charge in [-0.1, -0.05) is 47.8 Å². The molecule has 6 nitrogen and oxygen atoms in total. The Balaban J connectivity index is 2.00. The van der Waals surface area contributed by atoms with Crippen molar-refractivity contribution in [1.82, 2.24) is 14.9 Å². The van der Waals surface area contributed by atoms with Crippen LogP contribution in [0.25, 0.3) is 10.8 Å². The summed E-state index contributed by atoms with van der Waals surface area (Å²) in [4.78, 5) is 27.2. The van der Waals surface area contributed by atoms with Gasteiger partial charge in [0, 0.05) is 16.3 Å². The zero-order valence-electron chi connectivity index (χ0n) is 15.6. The molecule has 0 radical (unpaired) electrons. The monoisotopic (exact) mass is 382 g/mol. The summed E-state index contributed by atoms with van der Waals surface area (Å²) in [5.41, 5.74) is 0.568. The van der Waals surface area contributed by atoms with Crippen LogP contribution < -0.4 is 10.2 Å². The van der Waals surface area contributed by atoms with Crippen molar-refractivity contribution < 1.29 is 9.59 Å². The number of carbonyl (C=O) groups is 2. The molecule has 2 aromatic carbocycles. The van der Waals surface area contributed by atoms with E-state index in [9.17, 15) is 9.59 Å². The summed E-state index contributed by atoms with van der Waals surface area (Å²) in [6.45, 7) is 5.83. The molecule has 0 aliphatic heterocycles. The molecule has 27 heavy (non-hydrogen) atoms. The number of aromatic nitrogens is 2. The van der Waals surface area contributed by atoms with E-state index >= 15 is 0 Å². The Morgan fingerprint density at radius 2 is 1.89 bits per heavy atom. The standard InChI is InChI=1S/C20H22N4O2S/c1-4-20(2,3)21-18(25)12-24(19(26)16-13-27-23-22-16)17-11-7-9-14-8-5-6-10-15(14)17/h5-11,13H,4,12H2,1-3H3,(H,21,25). The predicted molar refractivity (Wildman–Crippen MR) is 108 cm³/mol. The van der Waals surface area contributed by atoms with E-state index in [-0.39, 0.29) is 29.6 Å². The van der Waals surface area contributed by atoms with E-state index in [2.05, 4.69) is 14.9 Å². The molecule has 3 aromatic rings. The fraction of sp³-hybridized carbons (Fsp3) is 0.300. The average molecular weight is 382 g/mol. The Kier molecular flexibility index (Phi) is 5.51. The summed E-state index contributed by atoms with van der Waals surface area (Å²) in [6, 6.07) is 13.5. The van der Waals surface area contributed by atoms with E-state index in [1.165, 1.54) is 4.90 Å². The van der Waals surface area contributed by atoms with Crippen molar-refractivity contribution in [3.63, 3.8) is 0 Å². The van der Waals surface area contributed by atoms with Crippen LogP contribution in [0.4, 0.5) is 5.69 Å². The van der Waals surface area contributed by atoms with E-state index in [1.807, 2.05) is 63.2 Å². The summed E-state index contributed by atoms with van der Waals surface area (Å²) in [7, 11) is 0. The maximum absolute atomic E-state index is 13.1. The second-order valence-electron chi connectivity index (χ2n) is 6.97. The first kappa shape index (κ1) is 19.0. The quantitative estimate of drug-likeness (QED) is 0.706. The molecule has 0 aliphatic rings. The third-order valence-electron chi connectivity index (χ3n) is 4.55. The van der Waals surface area contributed by atoms with Crippen LogP contribution in [0, 0.1) is 0 Å². The highest BCUT2D eigenvalue weighted by Gasteiger charge is 2.26. The maximum Gasteiger partial charge on any atom is 0.280 e. The van der Waals surface area contributed by atoms with E-state index < -0.39 is 0 Å². The minimum Gasteiger partial charge on any atom is -0.350 e. The van der Waals surface area contributed by atoms with Gasteiger partial charge in [0.1, 0.15) is 6.54 Å². The van der Waals surface area contributed by atoms with Gasteiger partial charge in [0.05, 0.1) is 5.69 Å². The van der Waals surface area contributed by atoms with Crippen LogP contribution in [0.2, 0.25) is 0 Å². The molecule has 0 fully saturated rings. The molecule has 140 valence electrons. The second-order valence-corrected chi connectivity index (χ2v) is 7.58. The van der Waals surface area contributed by atoms with Gasteiger partial charge in [-0.25, -0.2) is 0 Å². The maximum atomic E-state index is 13.1. The van der Waals surface area contributed by atoms with Crippen molar-refractivity contribution in [3.05, 3.63) is 53.5 Å². The van der Waals surface area contributed by atoms with Gasteiger partial charge in [-0.3, -0.25) is 14.5 Å². The topological polar surface area (TPSA) is 75.2 Å². The highest BCUT2D eigenvalue weighted by Crippen LogP contribution is 2.28. The smallest absolute Gasteiger partial charge is 0.280 e. The Morgan fingerprint density at radius 1 is 1.15 bits per heavy atom. The molecule has 7 heteroatoms. The van der Waals surface area contributed by atoms with Gasteiger partial charge >= 0.3 is 0 Å². The van der Waals surface area contributed by atoms with Gasteiger partial charge in [0.25, 0.3) is 5.91 Å². The van der Waals surface area contributed by atoms with Gasteiger partial charge in [-0.15, -0.1) is 5.10 Å². The lowest BCUT2D eigenvalue weighted by Crippen LogP contribution is -2.48. The second kappa shape index (κ2) is 7.84. The zero-order valence-corrected chi connectivity index (χ0v) is 16.4. The Hall–Kier alpha value is -2.80. The fourth-order valence-corrected chi connectivity index (χ4v) is 3.19. The molecule has 0 saturated heterocycles. The third-order valence-corrected chi connectivity index (χ3v) is 5.05. The molecule has 1 aromatic heterocycles. The molecule has 0 bridgehead atoms. The summed E-state index contributed by atoms with van der Waals surface area (Å²) < 4.78 is 3.78. The first-order chi connectivity index (χ1) is 12.9. The molecular formula is C20H22N4O2S. The average Bonchev–Trinajstić information content (AvgIpc) is 3.19. The Morgan fingerprint density at radius 3 is 2.59 bits per heavy atom. The number of fused-ring (bicyclic) bond motifs is 1. The molecule has 0 atom stereocenters. The van der Waals surface area contributed by atoms with E-state index in [0.717, 1.165) is 28.7 Å². The summed E-state index contributed by atoms with van der Waals surface area (Å²) >= 11 is 1.11. The van der Waals surface area contributed by atoms with Crippen LogP contribution >= 0.6 is 11.5 Å². The van der Waals surface area contributed by atoms with Gasteiger partial charge in [0.15, 0.2) is 5.69 Å². The fourth-order valence-electron chi connectivity index (χ4n) is 2.76. The normalized spacial score (nSPS) is 11.4. The molecule has 0 aliphatic carbocycles. The van der Waals surface area contributed by atoms with Crippen molar-refractivity contribution in [2.75, 3.05) is 11.4 Å². The SMILES string of the molecule is CCC(C)(C)NC(=O)CN(C(=O)c1csnn1)c1cccc2ccccc12. The molecule has 1 heterocycles. The van der Waals surface area contributed by atoms with Crippen molar-refractivity contribution >= 4 is 39.8 Å². The molecule has 0 unspecified atom stereocenters. The predicted octanol–water partition coefficient (Wildman–Crippen LogP) is 3.64. The summed E-state index contributed by atoms with van der Waals surface area (Å²) in [5.74, 6) is -0.559. The van der Waals surface area contributed by atoms with E-state index in [0.29, 0.717) is 5.69 Å². The lowest BCUT2D eigenvalue weighted by molar-refractivity contribution is -0.121. The van der Waals surface area contributed by atoms with Crippen molar-refractivity contribution in [3.8, 4) is 0 Å².